The van der Waals surface area contributed by atoms with Crippen molar-refractivity contribution in [1.82, 2.24) is 14.8 Å². The van der Waals surface area contributed by atoms with E-state index in [0.717, 1.165) is 6.42 Å². The lowest BCUT2D eigenvalue weighted by Gasteiger charge is -2.34. The number of carbonyl (C=O) groups excluding carboxylic acids is 2. The Labute approximate surface area is 135 Å². The van der Waals surface area contributed by atoms with E-state index in [9.17, 15) is 9.59 Å². The average molecular weight is 319 g/mol. The van der Waals surface area contributed by atoms with Gasteiger partial charge in [-0.2, -0.15) is 0 Å². The molecule has 23 heavy (non-hydrogen) atoms. The molecule has 2 fully saturated rings. The summed E-state index contributed by atoms with van der Waals surface area (Å²) < 4.78 is 10.9. The summed E-state index contributed by atoms with van der Waals surface area (Å²) in [4.78, 5) is 31.5. The molecule has 0 N–H and O–H groups in total. The van der Waals surface area contributed by atoms with Crippen molar-refractivity contribution in [2.75, 3.05) is 39.4 Å². The van der Waals surface area contributed by atoms with Gasteiger partial charge in [-0.1, -0.05) is 0 Å². The van der Waals surface area contributed by atoms with Crippen LogP contribution in [0.25, 0.3) is 0 Å². The summed E-state index contributed by atoms with van der Waals surface area (Å²) >= 11 is 0. The Balaban J connectivity index is 1.56. The Morgan fingerprint density at radius 3 is 2.52 bits per heavy atom. The van der Waals surface area contributed by atoms with E-state index < -0.39 is 0 Å². The van der Waals surface area contributed by atoms with Crippen molar-refractivity contribution in [2.24, 2.45) is 0 Å². The van der Waals surface area contributed by atoms with Crippen molar-refractivity contribution < 1.29 is 19.1 Å². The van der Waals surface area contributed by atoms with Gasteiger partial charge < -0.3 is 19.3 Å². The van der Waals surface area contributed by atoms with Crippen LogP contribution in [0.15, 0.2) is 18.3 Å². The van der Waals surface area contributed by atoms with Gasteiger partial charge in [0.15, 0.2) is 0 Å². The Bertz CT molecular complexity index is 561. The highest BCUT2D eigenvalue weighted by atomic mass is 16.5. The third-order valence-electron chi connectivity index (χ3n) is 4.17. The Morgan fingerprint density at radius 2 is 1.96 bits per heavy atom. The molecule has 3 rings (SSSR count). The van der Waals surface area contributed by atoms with Crippen LogP contribution in [0.5, 0.6) is 5.88 Å². The molecule has 0 spiro atoms. The molecule has 7 heteroatoms. The number of hydrogen-bond donors (Lipinski definition) is 0. The summed E-state index contributed by atoms with van der Waals surface area (Å²) in [5.74, 6) is 0.506. The van der Waals surface area contributed by atoms with Gasteiger partial charge in [-0.05, 0) is 6.07 Å². The zero-order valence-electron chi connectivity index (χ0n) is 13.2. The zero-order chi connectivity index (χ0) is 16.2. The molecule has 0 radical (unpaired) electrons. The van der Waals surface area contributed by atoms with Gasteiger partial charge in [0.25, 0.3) is 5.91 Å². The number of rotatable bonds is 3. The molecule has 0 saturated carbocycles. The normalized spacial score (nSPS) is 21.3. The van der Waals surface area contributed by atoms with Gasteiger partial charge in [0, 0.05) is 51.8 Å². The van der Waals surface area contributed by atoms with E-state index >= 15 is 0 Å². The molecule has 1 aromatic heterocycles. The van der Waals surface area contributed by atoms with Gasteiger partial charge in [0.05, 0.1) is 18.8 Å². The van der Waals surface area contributed by atoms with Crippen molar-refractivity contribution in [1.29, 1.82) is 0 Å². The van der Waals surface area contributed by atoms with E-state index in [-0.39, 0.29) is 17.9 Å². The van der Waals surface area contributed by atoms with Crippen LogP contribution in [-0.4, -0.2) is 72.1 Å². The number of aromatic nitrogens is 1. The highest BCUT2D eigenvalue weighted by Crippen LogP contribution is 2.16. The van der Waals surface area contributed by atoms with Crippen LogP contribution in [0.4, 0.5) is 0 Å². The van der Waals surface area contributed by atoms with Crippen molar-refractivity contribution in [3.63, 3.8) is 0 Å². The molecule has 124 valence electrons. The van der Waals surface area contributed by atoms with Crippen LogP contribution in [0.1, 0.15) is 23.7 Å². The minimum absolute atomic E-state index is 0.0451. The average Bonchev–Trinajstić information content (AvgIpc) is 3.08. The van der Waals surface area contributed by atoms with E-state index in [2.05, 4.69) is 4.98 Å². The van der Waals surface area contributed by atoms with Gasteiger partial charge in [0.2, 0.25) is 11.8 Å². The third kappa shape index (κ3) is 3.79. The summed E-state index contributed by atoms with van der Waals surface area (Å²) in [6.45, 7) is 5.12. The molecule has 7 nitrogen and oxygen atoms in total. The summed E-state index contributed by atoms with van der Waals surface area (Å²) in [5, 5.41) is 0. The first-order valence-electron chi connectivity index (χ1n) is 7.89. The molecule has 0 bridgehead atoms. The first-order chi connectivity index (χ1) is 11.1. The van der Waals surface area contributed by atoms with E-state index in [1.165, 1.54) is 0 Å². The number of pyridine rings is 1. The molecule has 1 aromatic rings. The fourth-order valence-corrected chi connectivity index (χ4v) is 2.76. The Morgan fingerprint density at radius 1 is 1.22 bits per heavy atom. The number of carbonyl (C=O) groups is 2. The van der Waals surface area contributed by atoms with Crippen LogP contribution in [0, 0.1) is 0 Å². The molecule has 0 aliphatic carbocycles. The second-order valence-electron chi connectivity index (χ2n) is 5.79. The first kappa shape index (κ1) is 15.7. The SMILES string of the molecule is CC(=O)N1CCN(C(=O)c2ccc(OC3CCOC3)nc2)CC1. The maximum atomic E-state index is 12.5. The topological polar surface area (TPSA) is 72.0 Å². The van der Waals surface area contributed by atoms with Crippen LogP contribution >= 0.6 is 0 Å². The summed E-state index contributed by atoms with van der Waals surface area (Å²) in [6, 6.07) is 3.45. The summed E-state index contributed by atoms with van der Waals surface area (Å²) in [6.07, 6.45) is 2.46. The number of piperazine rings is 1. The van der Waals surface area contributed by atoms with Gasteiger partial charge in [-0.3, -0.25) is 9.59 Å². The van der Waals surface area contributed by atoms with Gasteiger partial charge in [-0.25, -0.2) is 4.98 Å². The van der Waals surface area contributed by atoms with Crippen molar-refractivity contribution in [2.45, 2.75) is 19.4 Å². The van der Waals surface area contributed by atoms with Crippen molar-refractivity contribution in [3.8, 4) is 5.88 Å². The number of amides is 2. The maximum absolute atomic E-state index is 12.5. The monoisotopic (exact) mass is 319 g/mol. The Hall–Kier alpha value is -2.15. The number of nitrogens with zero attached hydrogens (tertiary/aromatic N) is 3. The largest absolute Gasteiger partial charge is 0.472 e. The minimum atomic E-state index is -0.0588. The van der Waals surface area contributed by atoms with E-state index in [4.69, 9.17) is 9.47 Å². The second-order valence-corrected chi connectivity index (χ2v) is 5.79. The fourth-order valence-electron chi connectivity index (χ4n) is 2.76. The molecule has 2 amide bonds. The van der Waals surface area contributed by atoms with Crippen LogP contribution < -0.4 is 4.74 Å². The predicted octanol–water partition coefficient (Wildman–Crippen LogP) is 0.554. The summed E-state index contributed by atoms with van der Waals surface area (Å²) in [5.41, 5.74) is 0.538. The van der Waals surface area contributed by atoms with E-state index in [1.807, 2.05) is 0 Å². The van der Waals surface area contributed by atoms with Crippen molar-refractivity contribution >= 4 is 11.8 Å². The van der Waals surface area contributed by atoms with Crippen LogP contribution in [0.3, 0.4) is 0 Å². The molecule has 2 saturated heterocycles. The number of ether oxygens (including phenoxy) is 2. The standard InChI is InChI=1S/C16H21N3O4/c1-12(20)18-5-7-19(8-6-18)16(21)13-2-3-15(17-10-13)23-14-4-9-22-11-14/h2-3,10,14H,4-9,11H2,1H3. The van der Waals surface area contributed by atoms with Crippen LogP contribution in [0.2, 0.25) is 0 Å². The lowest BCUT2D eigenvalue weighted by Crippen LogP contribution is -2.50. The van der Waals surface area contributed by atoms with Gasteiger partial charge >= 0.3 is 0 Å². The number of hydrogen-bond acceptors (Lipinski definition) is 5. The molecule has 1 unspecified atom stereocenters. The van der Waals surface area contributed by atoms with Gasteiger partial charge in [-0.15, -0.1) is 0 Å². The molecular weight excluding hydrogens is 298 g/mol. The van der Waals surface area contributed by atoms with Crippen molar-refractivity contribution in [3.05, 3.63) is 23.9 Å². The maximum Gasteiger partial charge on any atom is 0.255 e. The highest BCUT2D eigenvalue weighted by molar-refractivity contribution is 5.94. The zero-order valence-corrected chi connectivity index (χ0v) is 13.2. The molecule has 0 aromatic carbocycles. The van der Waals surface area contributed by atoms with Gasteiger partial charge in [0.1, 0.15) is 6.10 Å². The van der Waals surface area contributed by atoms with Crippen LogP contribution in [-0.2, 0) is 9.53 Å². The van der Waals surface area contributed by atoms with E-state index in [0.29, 0.717) is 50.8 Å². The molecule has 2 aliphatic heterocycles. The fraction of sp³-hybridized carbons (Fsp3) is 0.562. The highest BCUT2D eigenvalue weighted by Gasteiger charge is 2.23. The minimum Gasteiger partial charge on any atom is -0.472 e. The Kier molecular flexibility index (Phi) is 4.76. The molecule has 1 atom stereocenters. The predicted molar refractivity (Wildman–Crippen MR) is 82.2 cm³/mol. The smallest absolute Gasteiger partial charge is 0.255 e. The third-order valence-corrected chi connectivity index (χ3v) is 4.17. The lowest BCUT2D eigenvalue weighted by molar-refractivity contribution is -0.130. The summed E-state index contributed by atoms with van der Waals surface area (Å²) in [7, 11) is 0. The lowest BCUT2D eigenvalue weighted by atomic mass is 10.2. The quantitative estimate of drug-likeness (QED) is 0.814. The molecule has 3 heterocycles. The first-order valence-corrected chi connectivity index (χ1v) is 7.89. The molecular formula is C16H21N3O4. The van der Waals surface area contributed by atoms with E-state index in [1.54, 1.807) is 35.1 Å². The molecule has 2 aliphatic rings. The second kappa shape index (κ2) is 6.95.